The third-order valence-corrected chi connectivity index (χ3v) is 6.23. The number of nitrogens with one attached hydrogen (secondary N) is 1. The summed E-state index contributed by atoms with van der Waals surface area (Å²) in [5.41, 5.74) is 0.655. The highest BCUT2D eigenvalue weighted by atomic mass is 32.2. The van der Waals surface area contributed by atoms with Gasteiger partial charge in [-0.05, 0) is 30.7 Å². The van der Waals surface area contributed by atoms with E-state index >= 15 is 0 Å². The summed E-state index contributed by atoms with van der Waals surface area (Å²) in [6.45, 7) is 2.28. The number of carboxylic acid groups (broad SMARTS) is 1. The molecule has 0 atom stereocenters. The summed E-state index contributed by atoms with van der Waals surface area (Å²) in [5, 5.41) is 9.05. The number of hydrogen-bond acceptors (Lipinski definition) is 6. The van der Waals surface area contributed by atoms with E-state index in [1.54, 1.807) is 25.1 Å². The van der Waals surface area contributed by atoms with E-state index in [2.05, 4.69) is 4.72 Å². The second kappa shape index (κ2) is 5.74. The molecule has 1 aliphatic rings. The minimum atomic E-state index is -3.91. The number of aromatic carboxylic acids is 1. The summed E-state index contributed by atoms with van der Waals surface area (Å²) in [6, 6.07) is 6.23. The molecule has 2 heterocycles. The van der Waals surface area contributed by atoms with Crippen molar-refractivity contribution in [1.82, 2.24) is 0 Å². The van der Waals surface area contributed by atoms with Gasteiger partial charge in [-0.15, -0.1) is 11.3 Å². The van der Waals surface area contributed by atoms with Gasteiger partial charge in [-0.2, -0.15) is 0 Å². The number of anilines is 1. The Balaban J connectivity index is 1.96. The van der Waals surface area contributed by atoms with Gasteiger partial charge in [0.1, 0.15) is 22.3 Å². The molecule has 1 aromatic carbocycles. The minimum Gasteiger partial charge on any atom is -0.486 e. The maximum Gasteiger partial charge on any atom is 0.346 e. The molecule has 1 aliphatic heterocycles. The lowest BCUT2D eigenvalue weighted by Crippen LogP contribution is -2.18. The van der Waals surface area contributed by atoms with Gasteiger partial charge in [-0.3, -0.25) is 4.72 Å². The van der Waals surface area contributed by atoms with E-state index in [-0.39, 0.29) is 14.8 Å². The van der Waals surface area contributed by atoms with Gasteiger partial charge < -0.3 is 14.6 Å². The number of carboxylic acids is 1. The molecule has 0 spiro atoms. The van der Waals surface area contributed by atoms with Crippen molar-refractivity contribution in [1.29, 1.82) is 0 Å². The molecule has 23 heavy (non-hydrogen) atoms. The van der Waals surface area contributed by atoms with Gasteiger partial charge in [0.15, 0.2) is 11.5 Å². The molecule has 0 aliphatic carbocycles. The lowest BCUT2D eigenvalue weighted by atomic mass is 10.2. The highest BCUT2D eigenvalue weighted by Gasteiger charge is 2.24. The molecule has 2 N–H and O–H groups in total. The summed E-state index contributed by atoms with van der Waals surface area (Å²) in [5.74, 6) is -0.359. The van der Waals surface area contributed by atoms with E-state index in [0.29, 0.717) is 41.6 Å². The van der Waals surface area contributed by atoms with Crippen LogP contribution < -0.4 is 14.2 Å². The number of sulfonamides is 1. The molecule has 0 saturated heterocycles. The Labute approximate surface area is 136 Å². The Kier molecular flexibility index (Phi) is 3.90. The summed E-state index contributed by atoms with van der Waals surface area (Å²) >= 11 is 0.709. The monoisotopic (exact) mass is 355 g/mol. The topological polar surface area (TPSA) is 102 Å². The number of benzene rings is 1. The highest BCUT2D eigenvalue weighted by molar-refractivity contribution is 7.94. The standard InChI is InChI=1S/C14H13NO6S2/c1-8-7-11(22-13(8)14(16)17)23(18,19)15-9-3-2-4-10-12(9)21-6-5-20-10/h2-4,7,15H,5-6H2,1H3,(H,16,17). The zero-order chi connectivity index (χ0) is 16.6. The molecule has 0 saturated carbocycles. The predicted octanol–water partition coefficient (Wildman–Crippen LogP) is 2.33. The average molecular weight is 355 g/mol. The molecule has 0 fully saturated rings. The fraction of sp³-hybridized carbons (Fsp3) is 0.214. The van der Waals surface area contributed by atoms with E-state index in [4.69, 9.17) is 14.6 Å². The first-order chi connectivity index (χ1) is 10.9. The van der Waals surface area contributed by atoms with Crippen LogP contribution >= 0.6 is 11.3 Å². The van der Waals surface area contributed by atoms with E-state index in [1.165, 1.54) is 6.07 Å². The van der Waals surface area contributed by atoms with Crippen LogP contribution in [0.1, 0.15) is 15.2 Å². The molecule has 0 bridgehead atoms. The Morgan fingerprint density at radius 1 is 1.30 bits per heavy atom. The molecule has 7 nitrogen and oxygen atoms in total. The zero-order valence-electron chi connectivity index (χ0n) is 12.0. The highest BCUT2D eigenvalue weighted by Crippen LogP contribution is 2.38. The first-order valence-corrected chi connectivity index (χ1v) is 8.93. The molecule has 2 aromatic rings. The third kappa shape index (κ3) is 2.97. The van der Waals surface area contributed by atoms with E-state index < -0.39 is 16.0 Å². The maximum absolute atomic E-state index is 12.5. The van der Waals surface area contributed by atoms with E-state index in [9.17, 15) is 13.2 Å². The van der Waals surface area contributed by atoms with Crippen LogP contribution in [0.15, 0.2) is 28.5 Å². The molecular formula is C14H13NO6S2. The van der Waals surface area contributed by atoms with Gasteiger partial charge >= 0.3 is 5.97 Å². The smallest absolute Gasteiger partial charge is 0.346 e. The number of fused-ring (bicyclic) bond motifs is 1. The van der Waals surface area contributed by atoms with Crippen LogP contribution in [-0.4, -0.2) is 32.7 Å². The van der Waals surface area contributed by atoms with Crippen LogP contribution in [0.2, 0.25) is 0 Å². The number of thiophene rings is 1. The fourth-order valence-corrected chi connectivity index (χ4v) is 4.59. The maximum atomic E-state index is 12.5. The number of para-hydroxylation sites is 1. The van der Waals surface area contributed by atoms with Crippen molar-refractivity contribution in [2.75, 3.05) is 17.9 Å². The SMILES string of the molecule is Cc1cc(S(=O)(=O)Nc2cccc3c2OCCO3)sc1C(=O)O. The van der Waals surface area contributed by atoms with Gasteiger partial charge in [0.2, 0.25) is 0 Å². The summed E-state index contributed by atoms with van der Waals surface area (Å²) in [4.78, 5) is 11.1. The van der Waals surface area contributed by atoms with Crippen LogP contribution in [0.3, 0.4) is 0 Å². The molecule has 0 unspecified atom stereocenters. The fourth-order valence-electron chi connectivity index (χ4n) is 2.15. The van der Waals surface area contributed by atoms with E-state index in [1.807, 2.05) is 0 Å². The van der Waals surface area contributed by atoms with Gasteiger partial charge in [0, 0.05) is 0 Å². The number of ether oxygens (including phenoxy) is 2. The van der Waals surface area contributed by atoms with Crippen LogP contribution in [0.5, 0.6) is 11.5 Å². The molecule has 0 radical (unpaired) electrons. The Bertz CT molecular complexity index is 871. The largest absolute Gasteiger partial charge is 0.486 e. The van der Waals surface area contributed by atoms with Crippen molar-refractivity contribution in [3.8, 4) is 11.5 Å². The molecular weight excluding hydrogens is 342 g/mol. The molecule has 0 amide bonds. The summed E-state index contributed by atoms with van der Waals surface area (Å²) in [7, 11) is -3.91. The lowest BCUT2D eigenvalue weighted by Gasteiger charge is -2.21. The minimum absolute atomic E-state index is 0.0000453. The number of carbonyl (C=O) groups is 1. The molecule has 3 rings (SSSR count). The number of hydrogen-bond donors (Lipinski definition) is 2. The first-order valence-electron chi connectivity index (χ1n) is 6.63. The van der Waals surface area contributed by atoms with Gasteiger partial charge in [-0.1, -0.05) is 6.07 Å². The normalized spacial score (nSPS) is 13.6. The van der Waals surface area contributed by atoms with Crippen LogP contribution in [0.4, 0.5) is 5.69 Å². The van der Waals surface area contributed by atoms with Crippen molar-refractivity contribution in [3.05, 3.63) is 34.7 Å². The molecule has 122 valence electrons. The van der Waals surface area contributed by atoms with Crippen LogP contribution in [0.25, 0.3) is 0 Å². The third-order valence-electron chi connectivity index (χ3n) is 3.16. The second-order valence-corrected chi connectivity index (χ2v) is 7.78. The zero-order valence-corrected chi connectivity index (χ0v) is 13.7. The van der Waals surface area contributed by atoms with Crippen LogP contribution in [0, 0.1) is 6.92 Å². The van der Waals surface area contributed by atoms with E-state index in [0.717, 1.165) is 0 Å². The van der Waals surface area contributed by atoms with Crippen molar-refractivity contribution < 1.29 is 27.8 Å². The number of aryl methyl sites for hydroxylation is 1. The summed E-state index contributed by atoms with van der Waals surface area (Å²) in [6.07, 6.45) is 0. The number of rotatable bonds is 4. The van der Waals surface area contributed by atoms with Gasteiger partial charge in [0.25, 0.3) is 10.0 Å². The Morgan fingerprint density at radius 2 is 2.04 bits per heavy atom. The Hall–Kier alpha value is -2.26. The van der Waals surface area contributed by atoms with Crippen LogP contribution in [-0.2, 0) is 10.0 Å². The van der Waals surface area contributed by atoms with Crippen molar-refractivity contribution in [3.63, 3.8) is 0 Å². The second-order valence-electron chi connectivity index (χ2n) is 4.82. The molecule has 1 aromatic heterocycles. The summed E-state index contributed by atoms with van der Waals surface area (Å²) < 4.78 is 38.2. The lowest BCUT2D eigenvalue weighted by molar-refractivity contribution is 0.0701. The van der Waals surface area contributed by atoms with Crippen molar-refractivity contribution in [2.24, 2.45) is 0 Å². The quantitative estimate of drug-likeness (QED) is 0.873. The average Bonchev–Trinajstić information content (AvgIpc) is 2.90. The Morgan fingerprint density at radius 3 is 2.74 bits per heavy atom. The van der Waals surface area contributed by atoms with Crippen molar-refractivity contribution in [2.45, 2.75) is 11.1 Å². The van der Waals surface area contributed by atoms with Crippen molar-refractivity contribution >= 4 is 33.0 Å². The van der Waals surface area contributed by atoms with Gasteiger partial charge in [0.05, 0.1) is 5.69 Å². The molecule has 9 heteroatoms. The first kappa shape index (κ1) is 15.6. The predicted molar refractivity (Wildman–Crippen MR) is 84.3 cm³/mol. The van der Waals surface area contributed by atoms with Gasteiger partial charge in [-0.25, -0.2) is 13.2 Å².